The first-order valence-corrected chi connectivity index (χ1v) is 4.27. The molecule has 72 valence electrons. The first kappa shape index (κ1) is 9.92. The Balaban J connectivity index is 2.84. The van der Waals surface area contributed by atoms with Crippen molar-refractivity contribution in [2.75, 3.05) is 6.61 Å². The van der Waals surface area contributed by atoms with Gasteiger partial charge in [0.25, 0.3) is 5.56 Å². The highest BCUT2D eigenvalue weighted by molar-refractivity contribution is 4.95. The molecule has 1 unspecified atom stereocenters. The molecule has 1 rings (SSSR count). The number of nitrogens with zero attached hydrogens (tertiary/aromatic N) is 2. The highest BCUT2D eigenvalue weighted by Crippen LogP contribution is 1.95. The van der Waals surface area contributed by atoms with Gasteiger partial charge in [-0.3, -0.25) is 9.36 Å². The van der Waals surface area contributed by atoms with E-state index in [4.69, 9.17) is 5.11 Å². The molecule has 0 aromatic carbocycles. The summed E-state index contributed by atoms with van der Waals surface area (Å²) in [5.74, 6) is 0.0854. The lowest BCUT2D eigenvalue weighted by molar-refractivity contribution is 0.221. The molecule has 0 aliphatic carbocycles. The van der Waals surface area contributed by atoms with Gasteiger partial charge >= 0.3 is 0 Å². The van der Waals surface area contributed by atoms with Gasteiger partial charge in [-0.2, -0.15) is 0 Å². The fourth-order valence-electron chi connectivity index (χ4n) is 1.05. The first-order chi connectivity index (χ1) is 6.13. The summed E-state index contributed by atoms with van der Waals surface area (Å²) < 4.78 is 1.51. The van der Waals surface area contributed by atoms with Gasteiger partial charge in [0, 0.05) is 24.9 Å². The summed E-state index contributed by atoms with van der Waals surface area (Å²) in [6.45, 7) is 4.26. The van der Waals surface area contributed by atoms with Crippen LogP contribution < -0.4 is 5.56 Å². The van der Waals surface area contributed by atoms with Crippen molar-refractivity contribution in [3.05, 3.63) is 28.4 Å². The number of aliphatic hydroxyl groups is 1. The van der Waals surface area contributed by atoms with Crippen LogP contribution in [0, 0.1) is 12.8 Å². The largest absolute Gasteiger partial charge is 0.396 e. The smallest absolute Gasteiger partial charge is 0.253 e. The second-order valence-corrected chi connectivity index (χ2v) is 3.31. The van der Waals surface area contributed by atoms with Gasteiger partial charge in [-0.05, 0) is 12.8 Å². The molecule has 0 spiro atoms. The average molecular weight is 182 g/mol. The van der Waals surface area contributed by atoms with E-state index in [1.165, 1.54) is 17.0 Å². The van der Waals surface area contributed by atoms with Crippen molar-refractivity contribution in [3.63, 3.8) is 0 Å². The van der Waals surface area contributed by atoms with E-state index in [2.05, 4.69) is 4.98 Å². The zero-order valence-corrected chi connectivity index (χ0v) is 7.90. The van der Waals surface area contributed by atoms with Gasteiger partial charge in [-0.15, -0.1) is 0 Å². The van der Waals surface area contributed by atoms with Crippen LogP contribution in [-0.2, 0) is 6.54 Å². The lowest BCUT2D eigenvalue weighted by Gasteiger charge is -2.09. The van der Waals surface area contributed by atoms with E-state index in [-0.39, 0.29) is 18.1 Å². The van der Waals surface area contributed by atoms with Crippen LogP contribution in [0.25, 0.3) is 0 Å². The topological polar surface area (TPSA) is 55.1 Å². The van der Waals surface area contributed by atoms with Gasteiger partial charge in [0.2, 0.25) is 0 Å². The Bertz CT molecular complexity index is 333. The highest BCUT2D eigenvalue weighted by Gasteiger charge is 2.02. The van der Waals surface area contributed by atoms with Crippen LogP contribution in [0.15, 0.2) is 17.2 Å². The first-order valence-electron chi connectivity index (χ1n) is 4.27. The molecule has 1 atom stereocenters. The van der Waals surface area contributed by atoms with Crippen LogP contribution in [0.1, 0.15) is 12.6 Å². The van der Waals surface area contributed by atoms with Crippen molar-refractivity contribution in [3.8, 4) is 0 Å². The monoisotopic (exact) mass is 182 g/mol. The van der Waals surface area contributed by atoms with Gasteiger partial charge in [-0.25, -0.2) is 4.98 Å². The minimum atomic E-state index is -0.0622. The number of rotatable bonds is 3. The Kier molecular flexibility index (Phi) is 3.19. The van der Waals surface area contributed by atoms with Crippen LogP contribution >= 0.6 is 0 Å². The number of aromatic nitrogens is 2. The van der Waals surface area contributed by atoms with E-state index in [1.54, 1.807) is 6.92 Å². The van der Waals surface area contributed by atoms with E-state index in [0.29, 0.717) is 6.54 Å². The maximum absolute atomic E-state index is 11.3. The molecule has 0 aliphatic rings. The molecule has 0 aliphatic heterocycles. The normalized spacial score (nSPS) is 12.8. The molecule has 1 aromatic rings. The summed E-state index contributed by atoms with van der Waals surface area (Å²) >= 11 is 0. The third-order valence-electron chi connectivity index (χ3n) is 1.84. The molecule has 1 aromatic heterocycles. The fraction of sp³-hybridized carbons (Fsp3) is 0.556. The Labute approximate surface area is 76.9 Å². The number of aryl methyl sites for hydroxylation is 1. The minimum absolute atomic E-state index is 0.0622. The lowest BCUT2D eigenvalue weighted by Crippen LogP contribution is -2.24. The Hall–Kier alpha value is -1.16. The highest BCUT2D eigenvalue weighted by atomic mass is 16.3. The van der Waals surface area contributed by atoms with Crippen molar-refractivity contribution in [1.29, 1.82) is 0 Å². The predicted octanol–water partition coefficient (Wildman–Crippen LogP) is 0.180. The molecule has 0 saturated heterocycles. The summed E-state index contributed by atoms with van der Waals surface area (Å²) in [6.07, 6.45) is 1.52. The Morgan fingerprint density at radius 3 is 2.92 bits per heavy atom. The molecular weight excluding hydrogens is 168 g/mol. The summed E-state index contributed by atoms with van der Waals surface area (Å²) in [5, 5.41) is 8.81. The van der Waals surface area contributed by atoms with Crippen molar-refractivity contribution >= 4 is 0 Å². The summed E-state index contributed by atoms with van der Waals surface area (Å²) in [4.78, 5) is 15.3. The van der Waals surface area contributed by atoms with Crippen molar-refractivity contribution in [2.45, 2.75) is 20.4 Å². The summed E-state index contributed by atoms with van der Waals surface area (Å²) in [5.41, 5.74) is 0.658. The second-order valence-electron chi connectivity index (χ2n) is 3.31. The molecule has 0 amide bonds. The van der Waals surface area contributed by atoms with Gasteiger partial charge in [0.15, 0.2) is 0 Å². The zero-order valence-electron chi connectivity index (χ0n) is 7.90. The average Bonchev–Trinajstić information content (AvgIpc) is 2.09. The molecule has 0 bridgehead atoms. The lowest BCUT2D eigenvalue weighted by atomic mass is 10.2. The Morgan fingerprint density at radius 1 is 1.69 bits per heavy atom. The van der Waals surface area contributed by atoms with E-state index in [1.807, 2.05) is 6.92 Å². The minimum Gasteiger partial charge on any atom is -0.396 e. The SMILES string of the molecule is Cc1cc(=O)n(CC(C)CO)cn1. The van der Waals surface area contributed by atoms with Gasteiger partial charge in [-0.1, -0.05) is 6.92 Å². The molecule has 1 heterocycles. The summed E-state index contributed by atoms with van der Waals surface area (Å²) in [6, 6.07) is 1.49. The number of hydrogen-bond donors (Lipinski definition) is 1. The van der Waals surface area contributed by atoms with Crippen LogP contribution in [-0.4, -0.2) is 21.3 Å². The third kappa shape index (κ3) is 2.66. The second kappa shape index (κ2) is 4.18. The van der Waals surface area contributed by atoms with Crippen LogP contribution in [0.2, 0.25) is 0 Å². The third-order valence-corrected chi connectivity index (χ3v) is 1.84. The molecule has 4 nitrogen and oxygen atoms in total. The van der Waals surface area contributed by atoms with Crippen LogP contribution in [0.5, 0.6) is 0 Å². The standard InChI is InChI=1S/C9H14N2O2/c1-7(5-12)4-11-6-10-8(2)3-9(11)13/h3,6-7,12H,4-5H2,1-2H3. The zero-order chi connectivity index (χ0) is 9.84. The van der Waals surface area contributed by atoms with E-state index in [0.717, 1.165) is 5.69 Å². The maximum atomic E-state index is 11.3. The van der Waals surface area contributed by atoms with Gasteiger partial charge < -0.3 is 5.11 Å². The fourth-order valence-corrected chi connectivity index (χ4v) is 1.05. The molecule has 0 radical (unpaired) electrons. The van der Waals surface area contributed by atoms with E-state index < -0.39 is 0 Å². The van der Waals surface area contributed by atoms with Gasteiger partial charge in [0.1, 0.15) is 0 Å². The molecule has 4 heteroatoms. The number of hydrogen-bond acceptors (Lipinski definition) is 3. The molecular formula is C9H14N2O2. The molecule has 13 heavy (non-hydrogen) atoms. The van der Waals surface area contributed by atoms with Crippen molar-refractivity contribution in [1.82, 2.24) is 9.55 Å². The number of aliphatic hydroxyl groups excluding tert-OH is 1. The quantitative estimate of drug-likeness (QED) is 0.725. The van der Waals surface area contributed by atoms with Gasteiger partial charge in [0.05, 0.1) is 6.33 Å². The summed E-state index contributed by atoms with van der Waals surface area (Å²) in [7, 11) is 0. The molecule has 0 fully saturated rings. The maximum Gasteiger partial charge on any atom is 0.253 e. The van der Waals surface area contributed by atoms with Crippen LogP contribution in [0.3, 0.4) is 0 Å². The molecule has 1 N–H and O–H groups in total. The predicted molar refractivity (Wildman–Crippen MR) is 49.5 cm³/mol. The van der Waals surface area contributed by atoms with E-state index >= 15 is 0 Å². The van der Waals surface area contributed by atoms with Crippen LogP contribution in [0.4, 0.5) is 0 Å². The van der Waals surface area contributed by atoms with Crippen molar-refractivity contribution in [2.24, 2.45) is 5.92 Å². The van der Waals surface area contributed by atoms with Crippen molar-refractivity contribution < 1.29 is 5.11 Å². The molecule has 0 saturated carbocycles. The van der Waals surface area contributed by atoms with E-state index in [9.17, 15) is 4.79 Å². The Morgan fingerprint density at radius 2 is 2.38 bits per heavy atom.